The van der Waals surface area contributed by atoms with Crippen LogP contribution in [0.15, 0.2) is 18.2 Å². The summed E-state index contributed by atoms with van der Waals surface area (Å²) in [5.74, 6) is 0.754. The molecule has 0 bridgehead atoms. The molecule has 19 heavy (non-hydrogen) atoms. The highest BCUT2D eigenvalue weighted by Gasteiger charge is 2.21. The lowest BCUT2D eigenvalue weighted by Crippen LogP contribution is -2.46. The molecule has 6 heteroatoms. The van der Waals surface area contributed by atoms with Gasteiger partial charge in [0, 0.05) is 23.7 Å². The van der Waals surface area contributed by atoms with Crippen molar-refractivity contribution in [3.63, 3.8) is 0 Å². The van der Waals surface area contributed by atoms with Crippen LogP contribution in [0.5, 0.6) is 0 Å². The number of thioether (sulfide) groups is 1. The normalized spacial score (nSPS) is 18.9. The molecule has 5 nitrogen and oxygen atoms in total. The maximum Gasteiger partial charge on any atom is 0.335 e. The van der Waals surface area contributed by atoms with Crippen LogP contribution in [-0.2, 0) is 4.79 Å². The Morgan fingerprint density at radius 2 is 2.26 bits per heavy atom. The zero-order valence-electron chi connectivity index (χ0n) is 10.6. The quantitative estimate of drug-likeness (QED) is 0.778. The van der Waals surface area contributed by atoms with E-state index < -0.39 is 5.97 Å². The number of carboxylic acid groups (broad SMARTS) is 1. The van der Waals surface area contributed by atoms with Crippen molar-refractivity contribution in [1.29, 1.82) is 0 Å². The van der Waals surface area contributed by atoms with Gasteiger partial charge >= 0.3 is 5.97 Å². The van der Waals surface area contributed by atoms with Crippen molar-refractivity contribution in [2.45, 2.75) is 13.0 Å². The summed E-state index contributed by atoms with van der Waals surface area (Å²) in [7, 11) is 0. The second-order valence-corrected chi connectivity index (χ2v) is 5.56. The first-order valence-electron chi connectivity index (χ1n) is 6.04. The van der Waals surface area contributed by atoms with Crippen molar-refractivity contribution in [2.75, 3.05) is 23.4 Å². The van der Waals surface area contributed by atoms with E-state index in [1.807, 2.05) is 0 Å². The third-order valence-electron chi connectivity index (χ3n) is 2.96. The number of aromatic carboxylic acids is 1. The van der Waals surface area contributed by atoms with Gasteiger partial charge in [-0.2, -0.15) is 11.8 Å². The Labute approximate surface area is 115 Å². The predicted molar refractivity (Wildman–Crippen MR) is 75.9 cm³/mol. The fourth-order valence-electron chi connectivity index (χ4n) is 1.94. The summed E-state index contributed by atoms with van der Waals surface area (Å²) in [6.07, 6.45) is 0. The summed E-state index contributed by atoms with van der Waals surface area (Å²) in [6.45, 7) is 2.55. The minimum Gasteiger partial charge on any atom is -0.478 e. The monoisotopic (exact) mass is 280 g/mol. The molecule has 1 aliphatic rings. The Bertz CT molecular complexity index is 499. The molecule has 0 saturated carbocycles. The van der Waals surface area contributed by atoms with Gasteiger partial charge in [0.2, 0.25) is 5.91 Å². The summed E-state index contributed by atoms with van der Waals surface area (Å²) in [6, 6.07) is 4.62. The SMILES string of the molecule is Cc1cc(NC(=O)C2CSCCN2)ccc1C(=O)O. The van der Waals surface area contributed by atoms with Gasteiger partial charge in [-0.1, -0.05) is 0 Å². The number of anilines is 1. The Morgan fingerprint density at radius 1 is 1.47 bits per heavy atom. The fourth-order valence-corrected chi connectivity index (χ4v) is 2.88. The number of carbonyl (C=O) groups is 2. The van der Waals surface area contributed by atoms with Crippen LogP contribution in [0.3, 0.4) is 0 Å². The lowest BCUT2D eigenvalue weighted by Gasteiger charge is -2.22. The minimum absolute atomic E-state index is 0.0744. The standard InChI is InChI=1S/C13H16N2O3S/c1-8-6-9(2-3-10(8)13(17)18)15-12(16)11-7-19-5-4-14-11/h2-3,6,11,14H,4-5,7H2,1H3,(H,15,16)(H,17,18). The molecule has 0 aliphatic carbocycles. The molecular formula is C13H16N2O3S. The van der Waals surface area contributed by atoms with E-state index in [1.54, 1.807) is 30.8 Å². The van der Waals surface area contributed by atoms with E-state index in [-0.39, 0.29) is 17.5 Å². The molecule has 1 aromatic rings. The highest BCUT2D eigenvalue weighted by molar-refractivity contribution is 7.99. The van der Waals surface area contributed by atoms with E-state index >= 15 is 0 Å². The number of carbonyl (C=O) groups excluding carboxylic acids is 1. The van der Waals surface area contributed by atoms with Gasteiger partial charge < -0.3 is 15.7 Å². The average molecular weight is 280 g/mol. The highest BCUT2D eigenvalue weighted by Crippen LogP contribution is 2.16. The number of hydrogen-bond donors (Lipinski definition) is 3. The van der Waals surface area contributed by atoms with Gasteiger partial charge in [-0.25, -0.2) is 4.79 Å². The molecule has 0 spiro atoms. The molecule has 102 valence electrons. The van der Waals surface area contributed by atoms with Crippen LogP contribution in [0.25, 0.3) is 0 Å². The van der Waals surface area contributed by atoms with Crippen molar-refractivity contribution in [2.24, 2.45) is 0 Å². The smallest absolute Gasteiger partial charge is 0.335 e. The zero-order chi connectivity index (χ0) is 13.8. The molecule has 2 rings (SSSR count). The molecule has 0 radical (unpaired) electrons. The van der Waals surface area contributed by atoms with E-state index in [2.05, 4.69) is 10.6 Å². The second-order valence-electron chi connectivity index (χ2n) is 4.41. The van der Waals surface area contributed by atoms with E-state index in [9.17, 15) is 9.59 Å². The van der Waals surface area contributed by atoms with Gasteiger partial charge in [-0.15, -0.1) is 0 Å². The Balaban J connectivity index is 2.04. The largest absolute Gasteiger partial charge is 0.478 e. The summed E-state index contributed by atoms with van der Waals surface area (Å²) in [5.41, 5.74) is 1.52. The molecule has 1 unspecified atom stereocenters. The van der Waals surface area contributed by atoms with Gasteiger partial charge in [0.05, 0.1) is 11.6 Å². The Hall–Kier alpha value is -1.53. The fraction of sp³-hybridized carbons (Fsp3) is 0.385. The number of carboxylic acids is 1. The average Bonchev–Trinajstić information content (AvgIpc) is 2.39. The Kier molecular flexibility index (Phi) is 4.44. The number of rotatable bonds is 3. The molecule has 1 fully saturated rings. The van der Waals surface area contributed by atoms with Gasteiger partial charge in [0.15, 0.2) is 0 Å². The second kappa shape index (κ2) is 6.08. The summed E-state index contributed by atoms with van der Waals surface area (Å²) in [5, 5.41) is 14.9. The minimum atomic E-state index is -0.958. The number of aryl methyl sites for hydroxylation is 1. The molecule has 1 aliphatic heterocycles. The van der Waals surface area contributed by atoms with Crippen molar-refractivity contribution in [3.8, 4) is 0 Å². The molecule has 1 aromatic carbocycles. The number of benzene rings is 1. The van der Waals surface area contributed by atoms with E-state index in [0.717, 1.165) is 18.1 Å². The number of hydrogen-bond acceptors (Lipinski definition) is 4. The maximum atomic E-state index is 12.0. The first-order chi connectivity index (χ1) is 9.08. The maximum absolute atomic E-state index is 12.0. The molecule has 1 heterocycles. The van der Waals surface area contributed by atoms with Crippen molar-refractivity contribution >= 4 is 29.3 Å². The van der Waals surface area contributed by atoms with E-state index in [4.69, 9.17) is 5.11 Å². The Morgan fingerprint density at radius 3 is 2.84 bits per heavy atom. The molecular weight excluding hydrogens is 264 g/mol. The highest BCUT2D eigenvalue weighted by atomic mass is 32.2. The van der Waals surface area contributed by atoms with E-state index in [0.29, 0.717) is 11.3 Å². The van der Waals surface area contributed by atoms with Crippen LogP contribution in [0.4, 0.5) is 5.69 Å². The van der Waals surface area contributed by atoms with Crippen molar-refractivity contribution in [3.05, 3.63) is 29.3 Å². The van der Waals surface area contributed by atoms with Crippen molar-refractivity contribution in [1.82, 2.24) is 5.32 Å². The van der Waals surface area contributed by atoms with Crippen LogP contribution < -0.4 is 10.6 Å². The lowest BCUT2D eigenvalue weighted by atomic mass is 10.1. The summed E-state index contributed by atoms with van der Waals surface area (Å²) >= 11 is 1.75. The molecule has 3 N–H and O–H groups in total. The summed E-state index contributed by atoms with van der Waals surface area (Å²) in [4.78, 5) is 22.9. The van der Waals surface area contributed by atoms with Gasteiger partial charge in [0.1, 0.15) is 0 Å². The molecule has 0 aromatic heterocycles. The molecule has 1 atom stereocenters. The predicted octanol–water partition coefficient (Wildman–Crippen LogP) is 1.34. The van der Waals surface area contributed by atoms with Crippen LogP contribution in [0, 0.1) is 6.92 Å². The number of nitrogens with one attached hydrogen (secondary N) is 2. The topological polar surface area (TPSA) is 78.4 Å². The van der Waals surface area contributed by atoms with Gasteiger partial charge in [-0.3, -0.25) is 4.79 Å². The van der Waals surface area contributed by atoms with Crippen molar-refractivity contribution < 1.29 is 14.7 Å². The van der Waals surface area contributed by atoms with Gasteiger partial charge in [0.25, 0.3) is 0 Å². The van der Waals surface area contributed by atoms with Crippen LogP contribution in [-0.4, -0.2) is 41.1 Å². The van der Waals surface area contributed by atoms with Crippen LogP contribution >= 0.6 is 11.8 Å². The van der Waals surface area contributed by atoms with Gasteiger partial charge in [-0.05, 0) is 30.7 Å². The van der Waals surface area contributed by atoms with Crippen LogP contribution in [0.2, 0.25) is 0 Å². The molecule has 1 saturated heterocycles. The van der Waals surface area contributed by atoms with E-state index in [1.165, 1.54) is 6.07 Å². The number of amides is 1. The third kappa shape index (κ3) is 3.48. The first-order valence-corrected chi connectivity index (χ1v) is 7.19. The lowest BCUT2D eigenvalue weighted by molar-refractivity contribution is -0.117. The zero-order valence-corrected chi connectivity index (χ0v) is 11.4. The molecule has 1 amide bonds. The summed E-state index contributed by atoms with van der Waals surface area (Å²) < 4.78 is 0. The first kappa shape index (κ1) is 13.9. The van der Waals surface area contributed by atoms with Crippen LogP contribution in [0.1, 0.15) is 15.9 Å². The third-order valence-corrected chi connectivity index (χ3v) is 4.02.